The van der Waals surface area contributed by atoms with E-state index in [1.54, 1.807) is 16.9 Å². The first kappa shape index (κ1) is 10.3. The number of anilines is 1. The first-order valence-corrected chi connectivity index (χ1v) is 5.77. The molecule has 0 radical (unpaired) electrons. The van der Waals surface area contributed by atoms with E-state index in [2.05, 4.69) is 10.4 Å². The Morgan fingerprint density at radius 1 is 1.41 bits per heavy atom. The second kappa shape index (κ2) is 3.58. The van der Waals surface area contributed by atoms with Gasteiger partial charge in [-0.15, -0.1) is 0 Å². The maximum absolute atomic E-state index is 12.0. The van der Waals surface area contributed by atoms with E-state index in [-0.39, 0.29) is 24.3 Å². The monoisotopic (exact) mass is 234 g/mol. The molecule has 1 N–H and O–H groups in total. The maximum atomic E-state index is 12.0. The number of hydrogen-bond acceptors (Lipinski definition) is 4. The molecular weight excluding hydrogens is 220 g/mol. The second-order valence-electron chi connectivity index (χ2n) is 4.61. The van der Waals surface area contributed by atoms with Gasteiger partial charge in [-0.1, -0.05) is 0 Å². The second-order valence-corrected chi connectivity index (χ2v) is 4.61. The number of carbonyl (C=O) groups excluding carboxylic acids is 2. The van der Waals surface area contributed by atoms with Crippen LogP contribution in [0.25, 0.3) is 0 Å². The fraction of sp³-hybridized carbons (Fsp3) is 0.545. The molecule has 1 aromatic heterocycles. The van der Waals surface area contributed by atoms with E-state index in [0.29, 0.717) is 5.82 Å². The van der Waals surface area contributed by atoms with Gasteiger partial charge in [-0.05, 0) is 12.8 Å². The van der Waals surface area contributed by atoms with Crippen molar-refractivity contribution in [2.75, 3.05) is 5.32 Å². The molecule has 0 aromatic carbocycles. The summed E-state index contributed by atoms with van der Waals surface area (Å²) in [4.78, 5) is 25.1. The molecule has 1 aliphatic heterocycles. The summed E-state index contributed by atoms with van der Waals surface area (Å²) < 4.78 is 1.66. The van der Waals surface area contributed by atoms with E-state index in [1.165, 1.54) is 4.90 Å². The number of likely N-dealkylation sites (tertiary alicyclic amines) is 1. The van der Waals surface area contributed by atoms with Gasteiger partial charge in [0.2, 0.25) is 5.91 Å². The number of amides is 2. The molecular formula is C11H14N4O2. The van der Waals surface area contributed by atoms with Crippen molar-refractivity contribution in [3.8, 4) is 0 Å². The summed E-state index contributed by atoms with van der Waals surface area (Å²) in [6.07, 6.45) is 3.94. The summed E-state index contributed by atoms with van der Waals surface area (Å²) in [5, 5.41) is 7.15. The average molecular weight is 234 g/mol. The molecule has 0 bridgehead atoms. The molecule has 2 amide bonds. The molecule has 2 fully saturated rings. The van der Waals surface area contributed by atoms with Crippen LogP contribution in [-0.4, -0.2) is 38.6 Å². The van der Waals surface area contributed by atoms with Gasteiger partial charge in [0, 0.05) is 25.4 Å². The van der Waals surface area contributed by atoms with Crippen molar-refractivity contribution in [1.29, 1.82) is 0 Å². The highest BCUT2D eigenvalue weighted by Gasteiger charge is 2.46. The largest absolute Gasteiger partial charge is 0.356 e. The molecule has 6 nitrogen and oxygen atoms in total. The van der Waals surface area contributed by atoms with Crippen LogP contribution in [-0.2, 0) is 16.6 Å². The third-order valence-corrected chi connectivity index (χ3v) is 3.13. The Labute approximate surface area is 98.6 Å². The van der Waals surface area contributed by atoms with Gasteiger partial charge in [-0.2, -0.15) is 5.10 Å². The lowest BCUT2D eigenvalue weighted by atomic mass is 10.2. The van der Waals surface area contributed by atoms with Gasteiger partial charge in [0.1, 0.15) is 11.9 Å². The van der Waals surface area contributed by atoms with E-state index in [4.69, 9.17) is 0 Å². The zero-order valence-corrected chi connectivity index (χ0v) is 9.59. The molecule has 1 saturated carbocycles. The molecule has 6 heteroatoms. The Morgan fingerprint density at radius 2 is 2.18 bits per heavy atom. The minimum atomic E-state index is -0.446. The first-order chi connectivity index (χ1) is 8.15. The molecule has 90 valence electrons. The number of aromatic nitrogens is 2. The zero-order chi connectivity index (χ0) is 12.0. The number of rotatable bonds is 3. The Morgan fingerprint density at radius 3 is 2.76 bits per heavy atom. The van der Waals surface area contributed by atoms with Gasteiger partial charge < -0.3 is 5.32 Å². The van der Waals surface area contributed by atoms with Crippen LogP contribution < -0.4 is 5.32 Å². The molecule has 2 heterocycles. The van der Waals surface area contributed by atoms with Crippen molar-refractivity contribution in [2.45, 2.75) is 31.3 Å². The molecule has 1 saturated heterocycles. The number of carbonyl (C=O) groups is 2. The lowest BCUT2D eigenvalue weighted by Gasteiger charge is -2.13. The third kappa shape index (κ3) is 1.79. The Hall–Kier alpha value is -1.85. The van der Waals surface area contributed by atoms with Crippen LogP contribution in [0.15, 0.2) is 12.3 Å². The summed E-state index contributed by atoms with van der Waals surface area (Å²) in [6, 6.07) is 1.50. The van der Waals surface area contributed by atoms with E-state index in [1.807, 2.05) is 7.05 Å². The lowest BCUT2D eigenvalue weighted by Crippen LogP contribution is -2.36. The van der Waals surface area contributed by atoms with Crippen LogP contribution in [0.4, 0.5) is 5.82 Å². The maximum Gasteiger partial charge on any atom is 0.252 e. The minimum absolute atomic E-state index is 0.0640. The standard InChI is InChI=1S/C11H14N4O2/c1-14-5-4-9(13-14)12-8-6-10(16)15(11(8)17)7-2-3-7/h4-5,7-8H,2-3,6H2,1H3,(H,12,13). The lowest BCUT2D eigenvalue weighted by molar-refractivity contribution is -0.139. The SMILES string of the molecule is Cn1ccc(NC2CC(=O)N(C3CC3)C2=O)n1. The fourth-order valence-electron chi connectivity index (χ4n) is 2.15. The van der Waals surface area contributed by atoms with Gasteiger partial charge in [0.15, 0.2) is 0 Å². The van der Waals surface area contributed by atoms with Crippen LogP contribution >= 0.6 is 0 Å². The Kier molecular flexibility index (Phi) is 2.17. The molecule has 17 heavy (non-hydrogen) atoms. The van der Waals surface area contributed by atoms with Crippen molar-refractivity contribution in [1.82, 2.24) is 14.7 Å². The van der Waals surface area contributed by atoms with Crippen molar-refractivity contribution in [3.63, 3.8) is 0 Å². The molecule has 1 atom stereocenters. The Balaban J connectivity index is 1.72. The van der Waals surface area contributed by atoms with Crippen LogP contribution in [0, 0.1) is 0 Å². The van der Waals surface area contributed by atoms with Crippen molar-refractivity contribution in [3.05, 3.63) is 12.3 Å². The summed E-state index contributed by atoms with van der Waals surface area (Å²) in [7, 11) is 1.81. The highest BCUT2D eigenvalue weighted by Crippen LogP contribution is 2.32. The van der Waals surface area contributed by atoms with E-state index in [0.717, 1.165) is 12.8 Å². The van der Waals surface area contributed by atoms with Gasteiger partial charge in [0.05, 0.1) is 6.42 Å². The summed E-state index contributed by atoms with van der Waals surface area (Å²) in [5.74, 6) is 0.463. The van der Waals surface area contributed by atoms with Crippen molar-refractivity contribution in [2.24, 2.45) is 7.05 Å². The predicted molar refractivity (Wildman–Crippen MR) is 60.1 cm³/mol. The quantitative estimate of drug-likeness (QED) is 0.754. The normalized spacial score (nSPS) is 24.5. The van der Waals surface area contributed by atoms with Gasteiger partial charge >= 0.3 is 0 Å². The molecule has 0 spiro atoms. The number of hydrogen-bond donors (Lipinski definition) is 1. The zero-order valence-electron chi connectivity index (χ0n) is 9.59. The molecule has 3 rings (SSSR count). The average Bonchev–Trinajstić information content (AvgIpc) is 2.96. The molecule has 2 aliphatic rings. The smallest absolute Gasteiger partial charge is 0.252 e. The number of nitrogens with one attached hydrogen (secondary N) is 1. The topological polar surface area (TPSA) is 67.2 Å². The summed E-state index contributed by atoms with van der Waals surface area (Å²) in [6.45, 7) is 0. The van der Waals surface area contributed by atoms with E-state index >= 15 is 0 Å². The van der Waals surface area contributed by atoms with Crippen LogP contribution in [0.3, 0.4) is 0 Å². The van der Waals surface area contributed by atoms with Crippen LogP contribution in [0.5, 0.6) is 0 Å². The minimum Gasteiger partial charge on any atom is -0.356 e. The summed E-state index contributed by atoms with van der Waals surface area (Å²) in [5.41, 5.74) is 0. The number of aryl methyl sites for hydroxylation is 1. The number of nitrogens with zero attached hydrogens (tertiary/aromatic N) is 3. The number of imide groups is 1. The summed E-state index contributed by atoms with van der Waals surface area (Å²) >= 11 is 0. The van der Waals surface area contributed by atoms with Gasteiger partial charge in [-0.25, -0.2) is 0 Å². The van der Waals surface area contributed by atoms with Crippen LogP contribution in [0.1, 0.15) is 19.3 Å². The van der Waals surface area contributed by atoms with E-state index < -0.39 is 6.04 Å². The fourth-order valence-corrected chi connectivity index (χ4v) is 2.15. The molecule has 1 aliphatic carbocycles. The third-order valence-electron chi connectivity index (χ3n) is 3.13. The highest BCUT2D eigenvalue weighted by atomic mass is 16.2. The molecule has 1 unspecified atom stereocenters. The highest BCUT2D eigenvalue weighted by molar-refractivity contribution is 6.07. The van der Waals surface area contributed by atoms with Crippen LogP contribution in [0.2, 0.25) is 0 Å². The predicted octanol–water partition coefficient (Wildman–Crippen LogP) is 0.122. The van der Waals surface area contributed by atoms with Crippen molar-refractivity contribution < 1.29 is 9.59 Å². The molecule has 1 aromatic rings. The van der Waals surface area contributed by atoms with Gasteiger partial charge in [0.25, 0.3) is 5.91 Å². The van der Waals surface area contributed by atoms with E-state index in [9.17, 15) is 9.59 Å². The Bertz CT molecular complexity index is 478. The first-order valence-electron chi connectivity index (χ1n) is 5.77. The van der Waals surface area contributed by atoms with Crippen molar-refractivity contribution >= 4 is 17.6 Å². The van der Waals surface area contributed by atoms with Gasteiger partial charge in [-0.3, -0.25) is 19.2 Å².